The van der Waals surface area contributed by atoms with E-state index in [0.29, 0.717) is 12.4 Å². The Hall–Kier alpha value is -1.74. The Morgan fingerprint density at radius 2 is 2.10 bits per heavy atom. The van der Waals surface area contributed by atoms with Crippen LogP contribution in [0.1, 0.15) is 11.1 Å². The average Bonchev–Trinajstić information content (AvgIpc) is 2.87. The number of hydrogen-bond acceptors (Lipinski definition) is 2. The molecule has 0 radical (unpaired) electrons. The fourth-order valence-electron chi connectivity index (χ4n) is 2.44. The second-order valence-corrected chi connectivity index (χ2v) is 5.13. The highest BCUT2D eigenvalue weighted by Gasteiger charge is 2.23. The molecule has 3 rings (SSSR count). The van der Waals surface area contributed by atoms with E-state index in [1.807, 2.05) is 24.3 Å². The fourth-order valence-corrected chi connectivity index (χ4v) is 2.67. The summed E-state index contributed by atoms with van der Waals surface area (Å²) in [5.41, 5.74) is 3.02. The fraction of sp³-hybridized carbons (Fsp3) is 0.250. The van der Waals surface area contributed by atoms with E-state index in [1.165, 1.54) is 6.07 Å². The van der Waals surface area contributed by atoms with Gasteiger partial charge in [0.25, 0.3) is 0 Å². The lowest BCUT2D eigenvalue weighted by molar-refractivity contribution is 0.246. The summed E-state index contributed by atoms with van der Waals surface area (Å²) >= 11 is 5.90. The smallest absolute Gasteiger partial charge is 0.123 e. The van der Waals surface area contributed by atoms with Crippen LogP contribution in [0.2, 0.25) is 0 Å². The number of fused-ring (bicyclic) bond motifs is 1. The summed E-state index contributed by atoms with van der Waals surface area (Å²) in [6.45, 7) is 0.671. The van der Waals surface area contributed by atoms with Crippen molar-refractivity contribution < 1.29 is 9.13 Å². The molecule has 1 aliphatic rings. The molecule has 0 aliphatic carbocycles. The normalized spacial score (nSPS) is 16.6. The molecule has 0 fully saturated rings. The number of nitrogens with one attached hydrogen (secondary N) is 1. The van der Waals surface area contributed by atoms with Crippen LogP contribution in [0.15, 0.2) is 42.5 Å². The molecule has 2 aromatic carbocycles. The first-order valence-electron chi connectivity index (χ1n) is 6.59. The maximum absolute atomic E-state index is 13.2. The monoisotopic (exact) mass is 291 g/mol. The van der Waals surface area contributed by atoms with Crippen LogP contribution in [-0.2, 0) is 12.3 Å². The number of ether oxygens (including phenoxy) is 1. The van der Waals surface area contributed by atoms with E-state index in [0.717, 1.165) is 29.0 Å². The zero-order chi connectivity index (χ0) is 13.9. The SMILES string of the molecule is Fc1ccc2c(c1)CC(CNc1ccccc1CCl)O2. The number of hydrogen-bond donors (Lipinski definition) is 1. The summed E-state index contributed by atoms with van der Waals surface area (Å²) < 4.78 is 18.9. The average molecular weight is 292 g/mol. The van der Waals surface area contributed by atoms with Gasteiger partial charge in [-0.3, -0.25) is 0 Å². The summed E-state index contributed by atoms with van der Waals surface area (Å²) in [5, 5.41) is 3.35. The van der Waals surface area contributed by atoms with Crippen molar-refractivity contribution in [2.24, 2.45) is 0 Å². The molecule has 1 unspecified atom stereocenters. The predicted molar refractivity (Wildman–Crippen MR) is 79.0 cm³/mol. The number of para-hydroxylation sites is 1. The molecule has 0 amide bonds. The van der Waals surface area contributed by atoms with E-state index in [9.17, 15) is 4.39 Å². The highest BCUT2D eigenvalue weighted by atomic mass is 35.5. The van der Waals surface area contributed by atoms with E-state index in [-0.39, 0.29) is 11.9 Å². The largest absolute Gasteiger partial charge is 0.488 e. The minimum absolute atomic E-state index is 0.0233. The van der Waals surface area contributed by atoms with Gasteiger partial charge in [-0.2, -0.15) is 0 Å². The third kappa shape index (κ3) is 2.73. The van der Waals surface area contributed by atoms with Crippen LogP contribution < -0.4 is 10.1 Å². The van der Waals surface area contributed by atoms with Crippen molar-refractivity contribution in [3.63, 3.8) is 0 Å². The molecule has 4 heteroatoms. The molecule has 2 nitrogen and oxygen atoms in total. The summed E-state index contributed by atoms with van der Waals surface area (Å²) in [7, 11) is 0. The quantitative estimate of drug-likeness (QED) is 0.860. The van der Waals surface area contributed by atoms with Crippen molar-refractivity contribution in [2.45, 2.75) is 18.4 Å². The molecule has 0 bridgehead atoms. The van der Waals surface area contributed by atoms with Gasteiger partial charge in [0.2, 0.25) is 0 Å². The molecule has 1 aliphatic heterocycles. The number of halogens is 2. The number of rotatable bonds is 4. The van der Waals surface area contributed by atoms with Crippen LogP contribution in [0, 0.1) is 5.82 Å². The molecule has 0 aromatic heterocycles. The van der Waals surface area contributed by atoms with E-state index in [4.69, 9.17) is 16.3 Å². The van der Waals surface area contributed by atoms with Gasteiger partial charge >= 0.3 is 0 Å². The Bertz CT molecular complexity index is 617. The topological polar surface area (TPSA) is 21.3 Å². The van der Waals surface area contributed by atoms with Gasteiger partial charge in [0.05, 0.1) is 6.54 Å². The van der Waals surface area contributed by atoms with Gasteiger partial charge in [0.1, 0.15) is 17.7 Å². The second kappa shape index (κ2) is 5.71. The van der Waals surface area contributed by atoms with E-state index in [1.54, 1.807) is 12.1 Å². The van der Waals surface area contributed by atoms with Crippen molar-refractivity contribution in [2.75, 3.05) is 11.9 Å². The molecule has 1 atom stereocenters. The highest BCUT2D eigenvalue weighted by molar-refractivity contribution is 6.17. The second-order valence-electron chi connectivity index (χ2n) is 4.87. The van der Waals surface area contributed by atoms with E-state index >= 15 is 0 Å². The number of anilines is 1. The Morgan fingerprint density at radius 1 is 1.25 bits per heavy atom. The molecular weight excluding hydrogens is 277 g/mol. The summed E-state index contributed by atoms with van der Waals surface area (Å²) in [6.07, 6.45) is 0.749. The van der Waals surface area contributed by atoms with Crippen molar-refractivity contribution in [1.82, 2.24) is 0 Å². The van der Waals surface area contributed by atoms with Crippen molar-refractivity contribution in [3.05, 3.63) is 59.4 Å². The van der Waals surface area contributed by atoms with Gasteiger partial charge < -0.3 is 10.1 Å². The lowest BCUT2D eigenvalue weighted by Crippen LogP contribution is -2.24. The first-order chi connectivity index (χ1) is 9.76. The lowest BCUT2D eigenvalue weighted by atomic mass is 10.1. The van der Waals surface area contributed by atoms with Gasteiger partial charge in [0.15, 0.2) is 0 Å². The number of alkyl halides is 1. The minimum Gasteiger partial charge on any atom is -0.488 e. The van der Waals surface area contributed by atoms with Crippen molar-refractivity contribution in [3.8, 4) is 5.75 Å². The highest BCUT2D eigenvalue weighted by Crippen LogP contribution is 2.29. The molecule has 2 aromatic rings. The van der Waals surface area contributed by atoms with Crippen LogP contribution in [0.25, 0.3) is 0 Å². The maximum Gasteiger partial charge on any atom is 0.123 e. The molecule has 1 heterocycles. The van der Waals surface area contributed by atoms with Crippen LogP contribution in [0.5, 0.6) is 5.75 Å². The van der Waals surface area contributed by atoms with E-state index in [2.05, 4.69) is 5.32 Å². The minimum atomic E-state index is -0.214. The molecule has 0 saturated heterocycles. The zero-order valence-corrected chi connectivity index (χ0v) is 11.7. The van der Waals surface area contributed by atoms with Crippen molar-refractivity contribution in [1.29, 1.82) is 0 Å². The Labute approximate surface area is 122 Å². The molecular formula is C16H15ClFNO. The van der Waals surface area contributed by atoms with E-state index < -0.39 is 0 Å². The van der Waals surface area contributed by atoms with Crippen LogP contribution in [0.3, 0.4) is 0 Å². The summed E-state index contributed by atoms with van der Waals surface area (Å²) in [6, 6.07) is 12.6. The van der Waals surface area contributed by atoms with Crippen LogP contribution in [-0.4, -0.2) is 12.6 Å². The Kier molecular flexibility index (Phi) is 3.79. The van der Waals surface area contributed by atoms with Gasteiger partial charge in [0, 0.05) is 23.6 Å². The molecule has 0 spiro atoms. The molecule has 0 saturated carbocycles. The van der Waals surface area contributed by atoms with Gasteiger partial charge in [-0.15, -0.1) is 11.6 Å². The molecule has 1 N–H and O–H groups in total. The van der Waals surface area contributed by atoms with Crippen LogP contribution in [0.4, 0.5) is 10.1 Å². The van der Waals surface area contributed by atoms with Gasteiger partial charge in [-0.25, -0.2) is 4.39 Å². The van der Waals surface area contributed by atoms with Crippen LogP contribution >= 0.6 is 11.6 Å². The van der Waals surface area contributed by atoms with Gasteiger partial charge in [-0.05, 0) is 29.8 Å². The first-order valence-corrected chi connectivity index (χ1v) is 7.12. The molecule has 104 valence electrons. The standard InChI is InChI=1S/C16H15ClFNO/c17-9-11-3-1-2-4-15(11)19-10-14-8-12-7-13(18)5-6-16(12)20-14/h1-7,14,19H,8-10H2. The van der Waals surface area contributed by atoms with Crippen molar-refractivity contribution >= 4 is 17.3 Å². The first kappa shape index (κ1) is 13.3. The zero-order valence-electron chi connectivity index (χ0n) is 10.9. The third-order valence-electron chi connectivity index (χ3n) is 3.45. The Morgan fingerprint density at radius 3 is 2.95 bits per heavy atom. The molecule has 20 heavy (non-hydrogen) atoms. The Balaban J connectivity index is 1.64. The lowest BCUT2D eigenvalue weighted by Gasteiger charge is -2.14. The summed E-state index contributed by atoms with van der Waals surface area (Å²) in [4.78, 5) is 0. The van der Waals surface area contributed by atoms with Gasteiger partial charge in [-0.1, -0.05) is 18.2 Å². The predicted octanol–water partition coefficient (Wildman–Crippen LogP) is 3.98. The maximum atomic E-state index is 13.2. The summed E-state index contributed by atoms with van der Waals surface area (Å²) in [5.74, 6) is 1.04. The third-order valence-corrected chi connectivity index (χ3v) is 3.73. The number of benzene rings is 2.